The van der Waals surface area contributed by atoms with Gasteiger partial charge in [0.25, 0.3) is 5.91 Å². The minimum absolute atomic E-state index is 0.141. The first kappa shape index (κ1) is 14.9. The van der Waals surface area contributed by atoms with Gasteiger partial charge in [-0.05, 0) is 35.7 Å². The van der Waals surface area contributed by atoms with Crippen molar-refractivity contribution in [2.45, 2.75) is 17.8 Å². The predicted molar refractivity (Wildman–Crippen MR) is 89.1 cm³/mol. The summed E-state index contributed by atoms with van der Waals surface area (Å²) in [6, 6.07) is 13.0. The minimum Gasteiger partial charge on any atom is -0.344 e. The number of alkyl halides is 1. The SMILES string of the molecule is O=C(NC1c2ccccc2CC1Cl)c1cc(Br)ccc1Cl. The summed E-state index contributed by atoms with van der Waals surface area (Å²) < 4.78 is 0.811. The van der Waals surface area contributed by atoms with Crippen molar-refractivity contribution in [3.05, 3.63) is 68.7 Å². The van der Waals surface area contributed by atoms with Gasteiger partial charge in [0.15, 0.2) is 0 Å². The van der Waals surface area contributed by atoms with Gasteiger partial charge in [-0.15, -0.1) is 11.6 Å². The van der Waals surface area contributed by atoms with E-state index in [2.05, 4.69) is 21.2 Å². The number of nitrogens with one attached hydrogen (secondary N) is 1. The van der Waals surface area contributed by atoms with E-state index in [1.54, 1.807) is 18.2 Å². The van der Waals surface area contributed by atoms with Crippen molar-refractivity contribution in [3.63, 3.8) is 0 Å². The van der Waals surface area contributed by atoms with E-state index in [0.29, 0.717) is 10.6 Å². The van der Waals surface area contributed by atoms with Gasteiger partial charge in [-0.1, -0.05) is 51.8 Å². The summed E-state index contributed by atoms with van der Waals surface area (Å²) in [6.45, 7) is 0. The highest BCUT2D eigenvalue weighted by atomic mass is 79.9. The monoisotopic (exact) mass is 383 g/mol. The van der Waals surface area contributed by atoms with Gasteiger partial charge in [0.2, 0.25) is 0 Å². The molecule has 5 heteroatoms. The first-order chi connectivity index (χ1) is 10.1. The molecule has 0 heterocycles. The maximum atomic E-state index is 12.5. The molecule has 0 aliphatic heterocycles. The molecule has 2 aromatic carbocycles. The van der Waals surface area contributed by atoms with E-state index in [-0.39, 0.29) is 17.3 Å². The molecule has 0 fully saturated rings. The Morgan fingerprint density at radius 1 is 1.24 bits per heavy atom. The van der Waals surface area contributed by atoms with Crippen molar-refractivity contribution in [2.75, 3.05) is 0 Å². The van der Waals surface area contributed by atoms with Crippen molar-refractivity contribution >= 4 is 45.0 Å². The molecule has 21 heavy (non-hydrogen) atoms. The molecule has 0 bridgehead atoms. The van der Waals surface area contributed by atoms with Crippen LogP contribution in [0, 0.1) is 0 Å². The molecule has 0 saturated carbocycles. The average molecular weight is 385 g/mol. The summed E-state index contributed by atoms with van der Waals surface area (Å²) in [7, 11) is 0. The zero-order valence-corrected chi connectivity index (χ0v) is 14.0. The largest absolute Gasteiger partial charge is 0.344 e. The molecule has 2 atom stereocenters. The van der Waals surface area contributed by atoms with Crippen molar-refractivity contribution in [2.24, 2.45) is 0 Å². The molecule has 0 saturated heterocycles. The Balaban J connectivity index is 1.87. The number of fused-ring (bicyclic) bond motifs is 1. The van der Waals surface area contributed by atoms with Gasteiger partial charge in [-0.3, -0.25) is 4.79 Å². The Bertz CT molecular complexity index is 704. The maximum Gasteiger partial charge on any atom is 0.253 e. The quantitative estimate of drug-likeness (QED) is 0.744. The van der Waals surface area contributed by atoms with E-state index in [0.717, 1.165) is 16.5 Å². The van der Waals surface area contributed by atoms with Crippen LogP contribution in [-0.2, 0) is 6.42 Å². The van der Waals surface area contributed by atoms with Crippen LogP contribution in [0.1, 0.15) is 27.5 Å². The van der Waals surface area contributed by atoms with Crippen LogP contribution in [0.3, 0.4) is 0 Å². The Kier molecular flexibility index (Phi) is 4.25. The second kappa shape index (κ2) is 5.99. The standard InChI is InChI=1S/C16H12BrCl2NO/c17-10-5-6-13(18)12(8-10)16(21)20-15-11-4-2-1-3-9(11)7-14(15)19/h1-6,8,14-15H,7H2,(H,20,21). The number of carbonyl (C=O) groups is 1. The van der Waals surface area contributed by atoms with Gasteiger partial charge < -0.3 is 5.32 Å². The van der Waals surface area contributed by atoms with Crippen molar-refractivity contribution < 1.29 is 4.79 Å². The van der Waals surface area contributed by atoms with Crippen LogP contribution in [-0.4, -0.2) is 11.3 Å². The lowest BCUT2D eigenvalue weighted by atomic mass is 10.1. The molecule has 2 aromatic rings. The normalized spacial score (nSPS) is 20.1. The Labute approximate surface area is 141 Å². The van der Waals surface area contributed by atoms with Crippen LogP contribution in [0.15, 0.2) is 46.9 Å². The van der Waals surface area contributed by atoms with Crippen LogP contribution in [0.2, 0.25) is 5.02 Å². The number of hydrogen-bond donors (Lipinski definition) is 1. The van der Waals surface area contributed by atoms with Gasteiger partial charge in [0, 0.05) is 4.47 Å². The van der Waals surface area contributed by atoms with E-state index >= 15 is 0 Å². The first-order valence-corrected chi connectivity index (χ1v) is 8.15. The number of benzene rings is 2. The van der Waals surface area contributed by atoms with Gasteiger partial charge in [-0.25, -0.2) is 0 Å². The van der Waals surface area contributed by atoms with E-state index < -0.39 is 0 Å². The van der Waals surface area contributed by atoms with Crippen LogP contribution in [0.4, 0.5) is 0 Å². The molecule has 0 aromatic heterocycles. The molecule has 1 N–H and O–H groups in total. The third kappa shape index (κ3) is 2.96. The molecular weight excluding hydrogens is 373 g/mol. The Morgan fingerprint density at radius 3 is 2.81 bits per heavy atom. The second-order valence-electron chi connectivity index (χ2n) is 4.99. The lowest BCUT2D eigenvalue weighted by Crippen LogP contribution is -2.32. The molecule has 2 nitrogen and oxygen atoms in total. The van der Waals surface area contributed by atoms with Gasteiger partial charge in [-0.2, -0.15) is 0 Å². The summed E-state index contributed by atoms with van der Waals surface area (Å²) in [5, 5.41) is 3.28. The van der Waals surface area contributed by atoms with Crippen LogP contribution < -0.4 is 5.32 Å². The number of rotatable bonds is 2. The molecule has 1 aliphatic rings. The molecule has 3 rings (SSSR count). The van der Waals surface area contributed by atoms with E-state index in [9.17, 15) is 4.79 Å². The Morgan fingerprint density at radius 2 is 2.00 bits per heavy atom. The first-order valence-electron chi connectivity index (χ1n) is 6.54. The molecule has 0 radical (unpaired) electrons. The third-order valence-electron chi connectivity index (χ3n) is 3.63. The van der Waals surface area contributed by atoms with E-state index in [1.807, 2.05) is 24.3 Å². The van der Waals surface area contributed by atoms with Crippen molar-refractivity contribution in [3.8, 4) is 0 Å². The number of halogens is 3. The van der Waals surface area contributed by atoms with Crippen LogP contribution >= 0.6 is 39.1 Å². The Hall–Kier alpha value is -1.03. The summed E-state index contributed by atoms with van der Waals surface area (Å²) >= 11 is 15.8. The zero-order valence-electron chi connectivity index (χ0n) is 10.9. The number of carbonyl (C=O) groups excluding carboxylic acids is 1. The van der Waals surface area contributed by atoms with Gasteiger partial charge in [0.05, 0.1) is 22.0 Å². The fraction of sp³-hybridized carbons (Fsp3) is 0.188. The lowest BCUT2D eigenvalue weighted by Gasteiger charge is -2.18. The van der Waals surface area contributed by atoms with Crippen molar-refractivity contribution in [1.82, 2.24) is 5.32 Å². The number of amides is 1. The smallest absolute Gasteiger partial charge is 0.253 e. The van der Waals surface area contributed by atoms with E-state index in [1.165, 1.54) is 5.56 Å². The summed E-state index contributed by atoms with van der Waals surface area (Å²) in [4.78, 5) is 12.5. The minimum atomic E-state index is -0.214. The highest BCUT2D eigenvalue weighted by molar-refractivity contribution is 9.10. The molecule has 1 aliphatic carbocycles. The van der Waals surface area contributed by atoms with Gasteiger partial charge in [0.1, 0.15) is 0 Å². The molecule has 1 amide bonds. The van der Waals surface area contributed by atoms with Gasteiger partial charge >= 0.3 is 0 Å². The zero-order chi connectivity index (χ0) is 15.0. The second-order valence-corrected chi connectivity index (χ2v) is 6.88. The van der Waals surface area contributed by atoms with Crippen LogP contribution in [0.25, 0.3) is 0 Å². The average Bonchev–Trinajstić information content (AvgIpc) is 2.78. The summed E-state index contributed by atoms with van der Waals surface area (Å²) in [6.07, 6.45) is 0.759. The molecular formula is C16H12BrCl2NO. The fourth-order valence-corrected chi connectivity index (χ4v) is 3.53. The molecule has 2 unspecified atom stereocenters. The fourth-order valence-electron chi connectivity index (χ4n) is 2.60. The maximum absolute atomic E-state index is 12.5. The third-order valence-corrected chi connectivity index (χ3v) is 4.86. The molecule has 0 spiro atoms. The highest BCUT2D eigenvalue weighted by Crippen LogP contribution is 2.35. The van der Waals surface area contributed by atoms with Crippen molar-refractivity contribution in [1.29, 1.82) is 0 Å². The number of hydrogen-bond acceptors (Lipinski definition) is 1. The summed E-state index contributed by atoms with van der Waals surface area (Å²) in [5.41, 5.74) is 2.71. The van der Waals surface area contributed by atoms with E-state index in [4.69, 9.17) is 23.2 Å². The highest BCUT2D eigenvalue weighted by Gasteiger charge is 2.32. The predicted octanol–water partition coefficient (Wildman–Crippen LogP) is 4.74. The van der Waals surface area contributed by atoms with Crippen LogP contribution in [0.5, 0.6) is 0 Å². The summed E-state index contributed by atoms with van der Waals surface area (Å²) in [5.74, 6) is -0.214. The molecule has 108 valence electrons. The topological polar surface area (TPSA) is 29.1 Å². The lowest BCUT2D eigenvalue weighted by molar-refractivity contribution is 0.0937.